The summed E-state index contributed by atoms with van der Waals surface area (Å²) in [7, 11) is 0. The summed E-state index contributed by atoms with van der Waals surface area (Å²) in [5, 5.41) is 47.6. The van der Waals surface area contributed by atoms with Gasteiger partial charge in [0.1, 0.15) is 22.5 Å². The number of hydrogen-bond acceptors (Lipinski definition) is 7. The predicted molar refractivity (Wildman–Crippen MR) is 76.2 cm³/mol. The highest BCUT2D eigenvalue weighted by Crippen LogP contribution is 2.37. The summed E-state index contributed by atoms with van der Waals surface area (Å²) in [6, 6.07) is 5.64. The maximum atomic E-state index is 12.1. The van der Waals surface area contributed by atoms with E-state index in [1.54, 1.807) is 0 Å². The standard InChI is InChI=1S/C15H10O7/c16-7-4-10(19)12-11(5-7)22-15(14(21)13(12)20)6-1-2-8(17)9(18)3-6/h1-5,16-19,21H/i13+1,14+1,15+1. The van der Waals surface area contributed by atoms with Gasteiger partial charge in [0.05, 0.1) is 0 Å². The second-order valence-corrected chi connectivity index (χ2v) is 4.65. The molecule has 3 rings (SSSR count). The molecule has 0 spiro atoms. The van der Waals surface area contributed by atoms with Crippen LogP contribution in [-0.2, 0) is 0 Å². The van der Waals surface area contributed by atoms with Crippen LogP contribution in [0.25, 0.3) is 22.3 Å². The monoisotopic (exact) mass is 305 g/mol. The lowest BCUT2D eigenvalue weighted by molar-refractivity contribution is 0.403. The Labute approximate surface area is 122 Å². The normalized spacial score (nSPS) is 10.9. The molecule has 0 amide bonds. The third kappa shape index (κ3) is 1.96. The first-order valence-electron chi connectivity index (χ1n) is 6.12. The number of rotatable bonds is 1. The van der Waals surface area contributed by atoms with Crippen molar-refractivity contribution in [2.45, 2.75) is 0 Å². The van der Waals surface area contributed by atoms with Gasteiger partial charge in [0.15, 0.2) is 17.3 Å². The molecule has 1 aromatic heterocycles. The van der Waals surface area contributed by atoms with Crippen LogP contribution in [0, 0.1) is 0 Å². The van der Waals surface area contributed by atoms with Gasteiger partial charge in [-0.3, -0.25) is 4.79 Å². The minimum absolute atomic E-state index is 0.134. The third-order valence-corrected chi connectivity index (χ3v) is 3.17. The Morgan fingerprint density at radius 2 is 1.55 bits per heavy atom. The van der Waals surface area contributed by atoms with Crippen LogP contribution in [0.5, 0.6) is 28.7 Å². The van der Waals surface area contributed by atoms with E-state index in [2.05, 4.69) is 0 Å². The molecular weight excluding hydrogens is 295 g/mol. The predicted octanol–water partition coefficient (Wildman–Crippen LogP) is 1.99. The van der Waals surface area contributed by atoms with Crippen molar-refractivity contribution >= 4 is 11.0 Å². The number of fused-ring (bicyclic) bond motifs is 1. The number of hydrogen-bond donors (Lipinski definition) is 5. The first-order chi connectivity index (χ1) is 10.4. The highest BCUT2D eigenvalue weighted by molar-refractivity contribution is 5.88. The molecule has 0 saturated heterocycles. The van der Waals surface area contributed by atoms with E-state index in [4.69, 9.17) is 4.42 Å². The minimum Gasteiger partial charge on any atom is -0.508 e. The van der Waals surface area contributed by atoms with Gasteiger partial charge in [-0.15, -0.1) is 0 Å². The van der Waals surface area contributed by atoms with Gasteiger partial charge in [0, 0.05) is 17.7 Å². The Hall–Kier alpha value is -3.35. The quantitative estimate of drug-likeness (QED) is 0.434. The SMILES string of the molecule is O=[13c]1c2c(O)cc(O)cc2o[13c](-c2ccc(O)c(O)c2)[13c]1O. The van der Waals surface area contributed by atoms with Gasteiger partial charge in [-0.05, 0) is 18.2 Å². The zero-order valence-corrected chi connectivity index (χ0v) is 10.9. The Kier molecular flexibility index (Phi) is 2.84. The summed E-state index contributed by atoms with van der Waals surface area (Å²) in [5.74, 6) is -2.71. The maximum absolute atomic E-state index is 12.1. The maximum Gasteiger partial charge on any atom is 0.238 e. The molecule has 0 aliphatic heterocycles. The average molecular weight is 305 g/mol. The molecule has 22 heavy (non-hydrogen) atoms. The summed E-state index contributed by atoms with van der Waals surface area (Å²) in [4.78, 5) is 12.1. The fourth-order valence-corrected chi connectivity index (χ4v) is 2.14. The molecule has 0 aliphatic carbocycles. The van der Waals surface area contributed by atoms with Crippen molar-refractivity contribution in [1.29, 1.82) is 0 Å². The number of phenols is 4. The van der Waals surface area contributed by atoms with E-state index in [-0.39, 0.29) is 33.8 Å². The zero-order valence-electron chi connectivity index (χ0n) is 10.9. The Balaban J connectivity index is 2.38. The molecule has 0 bridgehead atoms. The van der Waals surface area contributed by atoms with E-state index in [9.17, 15) is 30.3 Å². The summed E-state index contributed by atoms with van der Waals surface area (Å²) in [5.41, 5.74) is -0.890. The Morgan fingerprint density at radius 3 is 2.23 bits per heavy atom. The van der Waals surface area contributed by atoms with E-state index in [0.717, 1.165) is 24.3 Å². The molecule has 7 nitrogen and oxygen atoms in total. The molecule has 0 aliphatic rings. The van der Waals surface area contributed by atoms with Crippen molar-refractivity contribution in [2.75, 3.05) is 0 Å². The molecule has 0 radical (unpaired) electrons. The zero-order chi connectivity index (χ0) is 16.0. The van der Waals surface area contributed by atoms with Crippen molar-refractivity contribution in [3.63, 3.8) is 0 Å². The van der Waals surface area contributed by atoms with Crippen molar-refractivity contribution in [3.05, 3.63) is 40.6 Å². The molecule has 2 aromatic carbocycles. The van der Waals surface area contributed by atoms with E-state index >= 15 is 0 Å². The number of phenolic OH excluding ortho intramolecular Hbond substituents is 4. The first-order valence-corrected chi connectivity index (χ1v) is 6.12. The van der Waals surface area contributed by atoms with E-state index in [1.807, 2.05) is 0 Å². The molecule has 0 atom stereocenters. The van der Waals surface area contributed by atoms with Crippen LogP contribution in [0.4, 0.5) is 0 Å². The van der Waals surface area contributed by atoms with Gasteiger partial charge in [-0.2, -0.15) is 0 Å². The first kappa shape index (κ1) is 13.6. The molecule has 0 saturated carbocycles. The molecule has 112 valence electrons. The molecule has 7 heteroatoms. The van der Waals surface area contributed by atoms with Gasteiger partial charge in [0.25, 0.3) is 0 Å². The van der Waals surface area contributed by atoms with Gasteiger partial charge in [-0.1, -0.05) is 0 Å². The molecule has 0 fully saturated rings. The van der Waals surface area contributed by atoms with Gasteiger partial charge in [0.2, 0.25) is 11.2 Å². The number of benzene rings is 2. The van der Waals surface area contributed by atoms with Crippen molar-refractivity contribution in [2.24, 2.45) is 0 Å². The highest BCUT2D eigenvalue weighted by Gasteiger charge is 2.19. The topological polar surface area (TPSA) is 131 Å². The van der Waals surface area contributed by atoms with Gasteiger partial charge in [-0.25, -0.2) is 0 Å². The summed E-state index contributed by atoms with van der Waals surface area (Å²) < 4.78 is 5.35. The highest BCUT2D eigenvalue weighted by atomic mass is 16.4. The summed E-state index contributed by atoms with van der Waals surface area (Å²) in [6.07, 6.45) is 0. The van der Waals surface area contributed by atoms with Crippen molar-refractivity contribution in [1.82, 2.24) is 0 Å². The average Bonchev–Trinajstić information content (AvgIpc) is 2.45. The molecule has 0 unspecified atom stereocenters. The molecular formula is C15H10O7. The van der Waals surface area contributed by atoms with Gasteiger partial charge >= 0.3 is 0 Å². The fourth-order valence-electron chi connectivity index (χ4n) is 2.14. The molecule has 1 heterocycles. The molecule has 5 N–H and O–H groups in total. The number of aromatic hydroxyl groups is 5. The second-order valence-electron chi connectivity index (χ2n) is 4.65. The van der Waals surface area contributed by atoms with E-state index < -0.39 is 22.7 Å². The second kappa shape index (κ2) is 4.59. The lowest BCUT2D eigenvalue weighted by Gasteiger charge is -2.08. The lowest BCUT2D eigenvalue weighted by Crippen LogP contribution is -2.02. The fraction of sp³-hybridized carbons (Fsp3) is 0. The molecule has 3 aromatic rings. The van der Waals surface area contributed by atoms with Crippen LogP contribution in [0.2, 0.25) is 0 Å². The lowest BCUT2D eigenvalue weighted by atomic mass is 10.2. The van der Waals surface area contributed by atoms with Crippen LogP contribution in [-0.4, -0.2) is 25.5 Å². The summed E-state index contributed by atoms with van der Waals surface area (Å²) >= 11 is 0. The largest absolute Gasteiger partial charge is 0.508 e. The minimum atomic E-state index is -0.888. The van der Waals surface area contributed by atoms with Crippen molar-refractivity contribution < 1.29 is 29.9 Å². The third-order valence-electron chi connectivity index (χ3n) is 3.17. The van der Waals surface area contributed by atoms with Crippen molar-refractivity contribution in [3.8, 4) is 40.1 Å². The van der Waals surface area contributed by atoms with Crippen LogP contribution in [0.1, 0.15) is 0 Å². The smallest absolute Gasteiger partial charge is 0.238 e. The Bertz CT molecular complexity index is 956. The van der Waals surface area contributed by atoms with Crippen LogP contribution >= 0.6 is 0 Å². The van der Waals surface area contributed by atoms with E-state index in [0.29, 0.717) is 0 Å². The summed E-state index contributed by atoms with van der Waals surface area (Å²) in [6.45, 7) is 0. The van der Waals surface area contributed by atoms with Gasteiger partial charge < -0.3 is 29.9 Å². The van der Waals surface area contributed by atoms with E-state index in [1.165, 1.54) is 6.07 Å². The van der Waals surface area contributed by atoms with Crippen LogP contribution < -0.4 is 5.43 Å². The van der Waals surface area contributed by atoms with Crippen LogP contribution in [0.3, 0.4) is 0 Å². The van der Waals surface area contributed by atoms with Crippen LogP contribution in [0.15, 0.2) is 39.5 Å². The Morgan fingerprint density at radius 1 is 0.818 bits per heavy atom.